The number of halogens is 1. The van der Waals surface area contributed by atoms with Gasteiger partial charge in [0.15, 0.2) is 0 Å². The fourth-order valence-electron chi connectivity index (χ4n) is 1.80. The van der Waals surface area contributed by atoms with Crippen LogP contribution in [0.1, 0.15) is 17.5 Å². The van der Waals surface area contributed by atoms with Gasteiger partial charge in [0.25, 0.3) is 0 Å². The first-order valence-corrected chi connectivity index (χ1v) is 6.18. The fraction of sp³-hybridized carbons (Fsp3) is 0.267. The molecule has 1 heterocycles. The zero-order chi connectivity index (χ0) is 12.6. The Morgan fingerprint density at radius 2 is 1.67 bits per heavy atom. The first-order valence-electron chi connectivity index (χ1n) is 6.18. The lowest BCUT2D eigenvalue weighted by atomic mass is 10.1. The van der Waals surface area contributed by atoms with E-state index >= 15 is 0 Å². The van der Waals surface area contributed by atoms with Gasteiger partial charge in [0.05, 0.1) is 0 Å². The van der Waals surface area contributed by atoms with Gasteiger partial charge in [0.1, 0.15) is 5.82 Å². The second-order valence-corrected chi connectivity index (χ2v) is 4.26. The van der Waals surface area contributed by atoms with E-state index in [4.69, 9.17) is 0 Å². The molecular formula is C15H17FN2. The molecular weight excluding hydrogens is 227 g/mol. The summed E-state index contributed by atoms with van der Waals surface area (Å²) in [5, 5.41) is 3.38. The van der Waals surface area contributed by atoms with E-state index in [9.17, 15) is 4.39 Å². The molecule has 1 aromatic carbocycles. The Bertz CT molecular complexity index is 454. The molecule has 0 aliphatic carbocycles. The van der Waals surface area contributed by atoms with Crippen LogP contribution in [-0.2, 0) is 13.0 Å². The number of benzene rings is 1. The van der Waals surface area contributed by atoms with Crippen molar-refractivity contribution in [2.24, 2.45) is 0 Å². The number of hydrogen-bond acceptors (Lipinski definition) is 2. The van der Waals surface area contributed by atoms with E-state index in [-0.39, 0.29) is 5.82 Å². The molecule has 0 saturated carbocycles. The van der Waals surface area contributed by atoms with Gasteiger partial charge >= 0.3 is 0 Å². The number of hydrogen-bond donors (Lipinski definition) is 1. The van der Waals surface area contributed by atoms with Crippen LogP contribution in [0.15, 0.2) is 48.8 Å². The minimum absolute atomic E-state index is 0.172. The van der Waals surface area contributed by atoms with Gasteiger partial charge in [-0.3, -0.25) is 4.98 Å². The lowest BCUT2D eigenvalue weighted by Gasteiger charge is -2.05. The lowest BCUT2D eigenvalue weighted by Crippen LogP contribution is -2.15. The van der Waals surface area contributed by atoms with Crippen LogP contribution in [0.4, 0.5) is 4.39 Å². The van der Waals surface area contributed by atoms with Gasteiger partial charge in [-0.25, -0.2) is 4.39 Å². The van der Waals surface area contributed by atoms with Gasteiger partial charge in [-0.1, -0.05) is 12.1 Å². The molecule has 0 fully saturated rings. The van der Waals surface area contributed by atoms with E-state index in [0.717, 1.165) is 25.9 Å². The number of nitrogens with zero attached hydrogens (tertiary/aromatic N) is 1. The average Bonchev–Trinajstić information content (AvgIpc) is 2.42. The summed E-state index contributed by atoms with van der Waals surface area (Å²) in [6, 6.07) is 10.7. The van der Waals surface area contributed by atoms with Crippen molar-refractivity contribution in [3.05, 3.63) is 65.7 Å². The molecule has 0 aliphatic heterocycles. The maximum Gasteiger partial charge on any atom is 0.123 e. The highest BCUT2D eigenvalue weighted by molar-refractivity contribution is 5.16. The van der Waals surface area contributed by atoms with Crippen molar-refractivity contribution in [1.29, 1.82) is 0 Å². The molecule has 1 aromatic heterocycles. The highest BCUT2D eigenvalue weighted by atomic mass is 19.1. The molecule has 94 valence electrons. The van der Waals surface area contributed by atoms with Crippen LogP contribution < -0.4 is 5.32 Å². The second kappa shape index (κ2) is 6.87. The van der Waals surface area contributed by atoms with Crippen molar-refractivity contribution in [2.45, 2.75) is 19.4 Å². The molecule has 3 heteroatoms. The van der Waals surface area contributed by atoms with Crippen molar-refractivity contribution < 1.29 is 4.39 Å². The van der Waals surface area contributed by atoms with E-state index in [0.29, 0.717) is 0 Å². The van der Waals surface area contributed by atoms with Crippen molar-refractivity contribution in [1.82, 2.24) is 10.3 Å². The van der Waals surface area contributed by atoms with E-state index in [2.05, 4.69) is 10.3 Å². The normalized spacial score (nSPS) is 10.5. The van der Waals surface area contributed by atoms with Crippen LogP contribution >= 0.6 is 0 Å². The first-order chi connectivity index (χ1) is 8.84. The standard InChI is InChI=1S/C15H17FN2/c16-15-5-3-13(4-6-15)2-1-9-18-12-14-7-10-17-11-8-14/h3-8,10-11,18H,1-2,9,12H2. The fourth-order valence-corrected chi connectivity index (χ4v) is 1.80. The highest BCUT2D eigenvalue weighted by Gasteiger charge is 1.95. The predicted molar refractivity (Wildman–Crippen MR) is 70.7 cm³/mol. The largest absolute Gasteiger partial charge is 0.313 e. The molecule has 0 bridgehead atoms. The van der Waals surface area contributed by atoms with Gasteiger partial charge < -0.3 is 5.32 Å². The molecule has 0 spiro atoms. The van der Waals surface area contributed by atoms with Crippen LogP contribution in [0.25, 0.3) is 0 Å². The van der Waals surface area contributed by atoms with Crippen molar-refractivity contribution >= 4 is 0 Å². The first kappa shape index (κ1) is 12.7. The minimum Gasteiger partial charge on any atom is -0.313 e. The summed E-state index contributed by atoms with van der Waals surface area (Å²) in [6.45, 7) is 1.83. The van der Waals surface area contributed by atoms with Crippen LogP contribution in [0.5, 0.6) is 0 Å². The molecule has 0 aliphatic rings. The van der Waals surface area contributed by atoms with Gasteiger partial charge in [-0.2, -0.15) is 0 Å². The third kappa shape index (κ3) is 4.26. The quantitative estimate of drug-likeness (QED) is 0.790. The predicted octanol–water partition coefficient (Wildman–Crippen LogP) is 2.94. The topological polar surface area (TPSA) is 24.9 Å². The molecule has 0 radical (unpaired) electrons. The third-order valence-corrected chi connectivity index (χ3v) is 2.81. The van der Waals surface area contributed by atoms with E-state index in [1.807, 2.05) is 24.3 Å². The molecule has 18 heavy (non-hydrogen) atoms. The van der Waals surface area contributed by atoms with Crippen molar-refractivity contribution in [3.8, 4) is 0 Å². The lowest BCUT2D eigenvalue weighted by molar-refractivity contribution is 0.624. The summed E-state index contributed by atoms with van der Waals surface area (Å²) in [5.74, 6) is -0.172. The molecule has 1 N–H and O–H groups in total. The Labute approximate surface area is 107 Å². The maximum absolute atomic E-state index is 12.7. The molecule has 0 saturated heterocycles. The number of rotatable bonds is 6. The molecule has 2 nitrogen and oxygen atoms in total. The Balaban J connectivity index is 1.63. The van der Waals surface area contributed by atoms with E-state index in [1.165, 1.54) is 23.3 Å². The molecule has 2 aromatic rings. The maximum atomic E-state index is 12.7. The second-order valence-electron chi connectivity index (χ2n) is 4.26. The van der Waals surface area contributed by atoms with E-state index < -0.39 is 0 Å². The van der Waals surface area contributed by atoms with Gasteiger partial charge in [-0.05, 0) is 54.8 Å². The van der Waals surface area contributed by atoms with Gasteiger partial charge in [0.2, 0.25) is 0 Å². The van der Waals surface area contributed by atoms with Crippen LogP contribution in [0, 0.1) is 5.82 Å². The number of pyridine rings is 1. The Morgan fingerprint density at radius 3 is 2.39 bits per heavy atom. The van der Waals surface area contributed by atoms with Gasteiger partial charge in [0, 0.05) is 18.9 Å². The third-order valence-electron chi connectivity index (χ3n) is 2.81. The average molecular weight is 244 g/mol. The van der Waals surface area contributed by atoms with Crippen LogP contribution in [0.3, 0.4) is 0 Å². The Hall–Kier alpha value is -1.74. The zero-order valence-corrected chi connectivity index (χ0v) is 10.3. The SMILES string of the molecule is Fc1ccc(CCCNCc2ccncc2)cc1. The number of aromatic nitrogens is 1. The van der Waals surface area contributed by atoms with E-state index in [1.54, 1.807) is 12.4 Å². The van der Waals surface area contributed by atoms with Gasteiger partial charge in [-0.15, -0.1) is 0 Å². The monoisotopic (exact) mass is 244 g/mol. The Kier molecular flexibility index (Phi) is 4.85. The summed E-state index contributed by atoms with van der Waals surface area (Å²) in [5.41, 5.74) is 2.42. The Morgan fingerprint density at radius 1 is 0.944 bits per heavy atom. The molecule has 0 atom stereocenters. The van der Waals surface area contributed by atoms with Crippen molar-refractivity contribution in [3.63, 3.8) is 0 Å². The summed E-state index contributed by atoms with van der Waals surface area (Å²) >= 11 is 0. The van der Waals surface area contributed by atoms with Crippen molar-refractivity contribution in [2.75, 3.05) is 6.54 Å². The van der Waals surface area contributed by atoms with Crippen LogP contribution in [0.2, 0.25) is 0 Å². The zero-order valence-electron chi connectivity index (χ0n) is 10.3. The molecule has 0 unspecified atom stereocenters. The summed E-state index contributed by atoms with van der Waals surface area (Å²) in [6.07, 6.45) is 5.63. The summed E-state index contributed by atoms with van der Waals surface area (Å²) in [4.78, 5) is 3.98. The smallest absolute Gasteiger partial charge is 0.123 e. The number of nitrogens with one attached hydrogen (secondary N) is 1. The summed E-state index contributed by atoms with van der Waals surface area (Å²) < 4.78 is 12.7. The summed E-state index contributed by atoms with van der Waals surface area (Å²) in [7, 11) is 0. The number of aryl methyl sites for hydroxylation is 1. The molecule has 2 rings (SSSR count). The highest BCUT2D eigenvalue weighted by Crippen LogP contribution is 2.05. The minimum atomic E-state index is -0.172. The van der Waals surface area contributed by atoms with Crippen LogP contribution in [-0.4, -0.2) is 11.5 Å². The molecule has 0 amide bonds.